The number of amides is 1. The molecule has 0 spiro atoms. The molecule has 0 aliphatic carbocycles. The molecule has 130 valence electrons. The van der Waals surface area contributed by atoms with E-state index in [1.807, 2.05) is 0 Å². The number of nitro groups is 1. The van der Waals surface area contributed by atoms with E-state index < -0.39 is 4.92 Å². The standard InChI is InChI=1S/C17H19N5O3/c1-12-15(11-18-17(19-12)21-8-3-2-4-9-21)16(23)20-13-6-5-7-14(10-13)22(24)25/h5-7,10-11H,2-4,8-9H2,1H3,(H,20,23). The van der Waals surface area contributed by atoms with Gasteiger partial charge in [-0.25, -0.2) is 9.97 Å². The van der Waals surface area contributed by atoms with Gasteiger partial charge in [-0.15, -0.1) is 0 Å². The lowest BCUT2D eigenvalue weighted by Gasteiger charge is -2.26. The van der Waals surface area contributed by atoms with Crippen molar-refractivity contribution >= 4 is 23.2 Å². The first kappa shape index (κ1) is 16.8. The van der Waals surface area contributed by atoms with Gasteiger partial charge in [0.05, 0.1) is 16.2 Å². The van der Waals surface area contributed by atoms with Crippen molar-refractivity contribution < 1.29 is 9.72 Å². The number of carbonyl (C=O) groups is 1. The molecule has 0 radical (unpaired) electrons. The molecule has 1 saturated heterocycles. The lowest BCUT2D eigenvalue weighted by molar-refractivity contribution is -0.384. The van der Waals surface area contributed by atoms with Gasteiger partial charge in [-0.2, -0.15) is 0 Å². The van der Waals surface area contributed by atoms with Crippen molar-refractivity contribution in [3.63, 3.8) is 0 Å². The summed E-state index contributed by atoms with van der Waals surface area (Å²) in [5.74, 6) is 0.257. The number of aromatic nitrogens is 2. The number of benzene rings is 1. The normalized spacial score (nSPS) is 14.2. The van der Waals surface area contributed by atoms with Gasteiger partial charge in [0.1, 0.15) is 0 Å². The lowest BCUT2D eigenvalue weighted by atomic mass is 10.1. The highest BCUT2D eigenvalue weighted by Crippen LogP contribution is 2.20. The average Bonchev–Trinajstić information content (AvgIpc) is 2.62. The van der Waals surface area contributed by atoms with E-state index in [0.29, 0.717) is 22.9 Å². The largest absolute Gasteiger partial charge is 0.341 e. The average molecular weight is 341 g/mol. The number of nitrogens with one attached hydrogen (secondary N) is 1. The first-order valence-corrected chi connectivity index (χ1v) is 8.19. The van der Waals surface area contributed by atoms with E-state index in [-0.39, 0.29) is 11.6 Å². The van der Waals surface area contributed by atoms with Crippen molar-refractivity contribution in [3.8, 4) is 0 Å². The van der Waals surface area contributed by atoms with Crippen LogP contribution < -0.4 is 10.2 Å². The topological polar surface area (TPSA) is 101 Å². The number of rotatable bonds is 4. The second-order valence-electron chi connectivity index (χ2n) is 5.98. The Morgan fingerprint density at radius 3 is 2.72 bits per heavy atom. The van der Waals surface area contributed by atoms with Gasteiger partial charge in [0.2, 0.25) is 5.95 Å². The van der Waals surface area contributed by atoms with Crippen molar-refractivity contribution in [2.75, 3.05) is 23.3 Å². The van der Waals surface area contributed by atoms with E-state index in [9.17, 15) is 14.9 Å². The number of hydrogen-bond donors (Lipinski definition) is 1. The van der Waals surface area contributed by atoms with Crippen LogP contribution in [-0.2, 0) is 0 Å². The second kappa shape index (κ2) is 7.25. The zero-order valence-corrected chi connectivity index (χ0v) is 13.9. The molecule has 25 heavy (non-hydrogen) atoms. The summed E-state index contributed by atoms with van der Waals surface area (Å²) in [5, 5.41) is 13.5. The Hall–Kier alpha value is -3.03. The van der Waals surface area contributed by atoms with E-state index in [2.05, 4.69) is 20.2 Å². The first-order chi connectivity index (χ1) is 12.0. The van der Waals surface area contributed by atoms with Crippen LogP contribution in [0.5, 0.6) is 0 Å². The molecule has 8 heteroatoms. The van der Waals surface area contributed by atoms with E-state index >= 15 is 0 Å². The minimum atomic E-state index is -0.503. The number of hydrogen-bond acceptors (Lipinski definition) is 6. The molecule has 0 atom stereocenters. The van der Waals surface area contributed by atoms with Gasteiger partial charge in [-0.1, -0.05) is 6.07 Å². The summed E-state index contributed by atoms with van der Waals surface area (Å²) in [6.07, 6.45) is 4.98. The molecule has 3 rings (SSSR count). The van der Waals surface area contributed by atoms with Crippen molar-refractivity contribution in [1.82, 2.24) is 9.97 Å². The molecule has 1 aromatic carbocycles. The third-order valence-electron chi connectivity index (χ3n) is 4.16. The Bertz CT molecular complexity index is 803. The summed E-state index contributed by atoms with van der Waals surface area (Å²) in [5.41, 5.74) is 1.22. The van der Waals surface area contributed by atoms with E-state index in [1.165, 1.54) is 30.8 Å². The number of non-ortho nitro benzene ring substituents is 1. The van der Waals surface area contributed by atoms with Gasteiger partial charge in [0.25, 0.3) is 11.6 Å². The Morgan fingerprint density at radius 1 is 1.28 bits per heavy atom. The fourth-order valence-corrected chi connectivity index (χ4v) is 2.82. The van der Waals surface area contributed by atoms with Gasteiger partial charge in [0, 0.05) is 37.1 Å². The van der Waals surface area contributed by atoms with Crippen LogP contribution in [0.1, 0.15) is 35.3 Å². The number of nitrogens with zero attached hydrogens (tertiary/aromatic N) is 4. The maximum absolute atomic E-state index is 12.4. The van der Waals surface area contributed by atoms with E-state index in [0.717, 1.165) is 25.9 Å². The molecule has 1 amide bonds. The number of anilines is 2. The molecule has 0 bridgehead atoms. The van der Waals surface area contributed by atoms with Crippen LogP contribution in [0, 0.1) is 17.0 Å². The van der Waals surface area contributed by atoms with Crippen molar-refractivity contribution in [2.24, 2.45) is 0 Å². The van der Waals surface area contributed by atoms with Crippen molar-refractivity contribution in [1.29, 1.82) is 0 Å². The van der Waals surface area contributed by atoms with Crippen molar-refractivity contribution in [3.05, 3.63) is 51.8 Å². The highest BCUT2D eigenvalue weighted by molar-refractivity contribution is 6.05. The summed E-state index contributed by atoms with van der Waals surface area (Å²) >= 11 is 0. The minimum Gasteiger partial charge on any atom is -0.341 e. The van der Waals surface area contributed by atoms with Gasteiger partial charge in [0.15, 0.2) is 0 Å². The quantitative estimate of drug-likeness (QED) is 0.678. The third kappa shape index (κ3) is 3.90. The van der Waals surface area contributed by atoms with Crippen LogP contribution in [0.3, 0.4) is 0 Å². The van der Waals surface area contributed by atoms with Crippen LogP contribution in [0.25, 0.3) is 0 Å². The first-order valence-electron chi connectivity index (χ1n) is 8.19. The number of aryl methyl sites for hydroxylation is 1. The molecule has 1 aliphatic rings. The molecule has 8 nitrogen and oxygen atoms in total. The maximum atomic E-state index is 12.4. The predicted octanol–water partition coefficient (Wildman–Crippen LogP) is 2.94. The van der Waals surface area contributed by atoms with Gasteiger partial charge < -0.3 is 10.2 Å². The zero-order chi connectivity index (χ0) is 17.8. The fraction of sp³-hybridized carbons (Fsp3) is 0.353. The number of nitro benzene ring substituents is 1. The van der Waals surface area contributed by atoms with Crippen LogP contribution in [0.4, 0.5) is 17.3 Å². The second-order valence-corrected chi connectivity index (χ2v) is 5.98. The molecule has 1 N–H and O–H groups in total. The van der Waals surface area contributed by atoms with Gasteiger partial charge in [-0.3, -0.25) is 14.9 Å². The third-order valence-corrected chi connectivity index (χ3v) is 4.16. The Balaban J connectivity index is 1.76. The zero-order valence-electron chi connectivity index (χ0n) is 13.9. The molecular formula is C17H19N5O3. The van der Waals surface area contributed by atoms with Crippen LogP contribution in [-0.4, -0.2) is 33.9 Å². The molecule has 2 heterocycles. The van der Waals surface area contributed by atoms with Crippen LogP contribution >= 0.6 is 0 Å². The Morgan fingerprint density at radius 2 is 2.04 bits per heavy atom. The molecule has 0 unspecified atom stereocenters. The monoisotopic (exact) mass is 341 g/mol. The SMILES string of the molecule is Cc1nc(N2CCCCC2)ncc1C(=O)Nc1cccc([N+](=O)[O-])c1. The molecule has 2 aromatic rings. The predicted molar refractivity (Wildman–Crippen MR) is 93.9 cm³/mol. The summed E-state index contributed by atoms with van der Waals surface area (Å²) in [6, 6.07) is 5.81. The summed E-state index contributed by atoms with van der Waals surface area (Å²) in [6.45, 7) is 3.62. The minimum absolute atomic E-state index is 0.0776. The molecule has 1 fully saturated rings. The highest BCUT2D eigenvalue weighted by Gasteiger charge is 2.17. The fourth-order valence-electron chi connectivity index (χ4n) is 2.82. The van der Waals surface area contributed by atoms with E-state index in [4.69, 9.17) is 0 Å². The van der Waals surface area contributed by atoms with Crippen LogP contribution in [0.15, 0.2) is 30.5 Å². The Kier molecular flexibility index (Phi) is 4.87. The summed E-state index contributed by atoms with van der Waals surface area (Å²) in [7, 11) is 0. The van der Waals surface area contributed by atoms with Gasteiger partial charge in [-0.05, 0) is 32.3 Å². The molecule has 1 aromatic heterocycles. The highest BCUT2D eigenvalue weighted by atomic mass is 16.6. The smallest absolute Gasteiger partial charge is 0.271 e. The summed E-state index contributed by atoms with van der Waals surface area (Å²) in [4.78, 5) is 33.6. The maximum Gasteiger partial charge on any atom is 0.271 e. The van der Waals surface area contributed by atoms with Crippen molar-refractivity contribution in [2.45, 2.75) is 26.2 Å². The molecule has 0 saturated carbocycles. The Labute approximate surface area is 145 Å². The molecular weight excluding hydrogens is 322 g/mol. The number of carbonyl (C=O) groups excluding carboxylic acids is 1. The van der Waals surface area contributed by atoms with E-state index in [1.54, 1.807) is 13.0 Å². The van der Waals surface area contributed by atoms with Gasteiger partial charge >= 0.3 is 0 Å². The summed E-state index contributed by atoms with van der Waals surface area (Å²) < 4.78 is 0. The van der Waals surface area contributed by atoms with Crippen LogP contribution in [0.2, 0.25) is 0 Å². The molecule has 1 aliphatic heterocycles. The number of piperidine rings is 1. The lowest BCUT2D eigenvalue weighted by Crippen LogP contribution is -2.31.